The van der Waals surface area contributed by atoms with Crippen molar-refractivity contribution in [2.75, 3.05) is 24.2 Å². The summed E-state index contributed by atoms with van der Waals surface area (Å²) in [4.78, 5) is 27.8. The fourth-order valence-electron chi connectivity index (χ4n) is 3.82. The standard InChI is InChI=1S/C27H38ClN3O5S/c1-7-19(2)29-27(33)21(4)30(18-22-13-15-23(36-5)16-14-22)26(32)12-9-17-31(37(6,34)35)25-11-8-10-24(28)20(25)3/h8,10-11,13-16,19,21H,7,9,12,17-18H2,1-6H3,(H,29,33)/t19-,21-/m1/s1. The number of halogens is 1. The first kappa shape index (κ1) is 30.4. The van der Waals surface area contributed by atoms with Crippen LogP contribution in [0, 0.1) is 6.92 Å². The maximum atomic E-state index is 13.4. The summed E-state index contributed by atoms with van der Waals surface area (Å²) in [5.41, 5.74) is 1.99. The minimum Gasteiger partial charge on any atom is -0.497 e. The fourth-order valence-corrected chi connectivity index (χ4v) is 5.01. The van der Waals surface area contributed by atoms with Crippen LogP contribution >= 0.6 is 11.6 Å². The Labute approximate surface area is 226 Å². The topological polar surface area (TPSA) is 96.0 Å². The largest absolute Gasteiger partial charge is 0.497 e. The number of nitrogens with one attached hydrogen (secondary N) is 1. The van der Waals surface area contributed by atoms with Gasteiger partial charge in [0.05, 0.1) is 19.1 Å². The molecule has 0 radical (unpaired) electrons. The quantitative estimate of drug-likeness (QED) is 0.394. The van der Waals surface area contributed by atoms with Gasteiger partial charge < -0.3 is 15.0 Å². The van der Waals surface area contributed by atoms with Crippen LogP contribution in [0.1, 0.15) is 51.2 Å². The minimum absolute atomic E-state index is 0.0165. The normalized spacial score (nSPS) is 12.9. The molecular formula is C27H38ClN3O5S. The van der Waals surface area contributed by atoms with Crippen LogP contribution in [0.4, 0.5) is 5.69 Å². The third kappa shape index (κ3) is 8.64. The molecule has 10 heteroatoms. The van der Waals surface area contributed by atoms with E-state index in [4.69, 9.17) is 16.3 Å². The fraction of sp³-hybridized carbons (Fsp3) is 0.481. The molecule has 0 aliphatic carbocycles. The number of ether oxygens (including phenoxy) is 1. The Morgan fingerprint density at radius 1 is 1.11 bits per heavy atom. The van der Waals surface area contributed by atoms with Crippen molar-refractivity contribution in [3.8, 4) is 5.75 Å². The van der Waals surface area contributed by atoms with Crippen LogP contribution in [0.25, 0.3) is 0 Å². The first-order valence-electron chi connectivity index (χ1n) is 12.3. The number of carbonyl (C=O) groups excluding carboxylic acids is 2. The molecule has 2 aromatic carbocycles. The van der Waals surface area contributed by atoms with E-state index in [1.165, 1.54) is 9.21 Å². The van der Waals surface area contributed by atoms with Gasteiger partial charge in [0.1, 0.15) is 11.8 Å². The zero-order valence-corrected chi connectivity index (χ0v) is 24.0. The Balaban J connectivity index is 2.21. The Morgan fingerprint density at radius 3 is 2.32 bits per heavy atom. The van der Waals surface area contributed by atoms with E-state index in [2.05, 4.69) is 5.32 Å². The van der Waals surface area contributed by atoms with Crippen molar-refractivity contribution < 1.29 is 22.7 Å². The van der Waals surface area contributed by atoms with Crippen molar-refractivity contribution in [1.29, 1.82) is 0 Å². The highest BCUT2D eigenvalue weighted by atomic mass is 35.5. The van der Waals surface area contributed by atoms with Gasteiger partial charge in [-0.25, -0.2) is 8.42 Å². The third-order valence-corrected chi connectivity index (χ3v) is 7.93. The van der Waals surface area contributed by atoms with E-state index >= 15 is 0 Å². The number of anilines is 1. The van der Waals surface area contributed by atoms with Crippen LogP contribution < -0.4 is 14.4 Å². The molecule has 2 aromatic rings. The van der Waals surface area contributed by atoms with Crippen LogP contribution in [0.15, 0.2) is 42.5 Å². The van der Waals surface area contributed by atoms with Gasteiger partial charge in [-0.1, -0.05) is 36.7 Å². The van der Waals surface area contributed by atoms with Crippen LogP contribution in [0.2, 0.25) is 5.02 Å². The van der Waals surface area contributed by atoms with E-state index in [0.29, 0.717) is 22.0 Å². The van der Waals surface area contributed by atoms with Crippen LogP contribution in [0.3, 0.4) is 0 Å². The zero-order chi connectivity index (χ0) is 27.8. The second-order valence-corrected chi connectivity index (χ2v) is 11.5. The summed E-state index contributed by atoms with van der Waals surface area (Å²) in [7, 11) is -2.02. The number of methoxy groups -OCH3 is 1. The first-order chi connectivity index (χ1) is 17.4. The third-order valence-electron chi connectivity index (χ3n) is 6.34. The molecule has 0 bridgehead atoms. The molecule has 0 aromatic heterocycles. The number of rotatable bonds is 13. The summed E-state index contributed by atoms with van der Waals surface area (Å²) in [5.74, 6) is 0.226. The van der Waals surface area contributed by atoms with E-state index in [0.717, 1.165) is 18.2 Å². The monoisotopic (exact) mass is 551 g/mol. The second kappa shape index (κ2) is 13.7. The minimum atomic E-state index is -3.60. The predicted molar refractivity (Wildman–Crippen MR) is 149 cm³/mol. The molecule has 37 heavy (non-hydrogen) atoms. The van der Waals surface area contributed by atoms with Crippen LogP contribution in [-0.4, -0.2) is 57.1 Å². The molecule has 0 saturated carbocycles. The molecule has 0 aliphatic rings. The average molecular weight is 552 g/mol. The molecular weight excluding hydrogens is 514 g/mol. The van der Waals surface area contributed by atoms with E-state index in [-0.39, 0.29) is 43.8 Å². The summed E-state index contributed by atoms with van der Waals surface area (Å²) in [6.45, 7) is 7.70. The number of carbonyl (C=O) groups is 2. The Kier molecular flexibility index (Phi) is 11.3. The van der Waals surface area contributed by atoms with Gasteiger partial charge in [-0.15, -0.1) is 0 Å². The Morgan fingerprint density at radius 2 is 1.76 bits per heavy atom. The number of hydrogen-bond donors (Lipinski definition) is 1. The molecule has 2 amide bonds. The van der Waals surface area contributed by atoms with E-state index in [9.17, 15) is 18.0 Å². The van der Waals surface area contributed by atoms with Gasteiger partial charge in [-0.05, 0) is 69.0 Å². The van der Waals surface area contributed by atoms with Gasteiger partial charge >= 0.3 is 0 Å². The van der Waals surface area contributed by atoms with Gasteiger partial charge in [0, 0.05) is 30.6 Å². The zero-order valence-electron chi connectivity index (χ0n) is 22.5. The van der Waals surface area contributed by atoms with Crippen molar-refractivity contribution in [3.63, 3.8) is 0 Å². The number of benzene rings is 2. The van der Waals surface area contributed by atoms with Crippen molar-refractivity contribution in [2.45, 2.75) is 65.6 Å². The number of nitrogens with zero attached hydrogens (tertiary/aromatic N) is 2. The molecule has 0 spiro atoms. The molecule has 1 N–H and O–H groups in total. The van der Waals surface area contributed by atoms with Crippen molar-refractivity contribution >= 4 is 39.1 Å². The number of sulfonamides is 1. The highest BCUT2D eigenvalue weighted by Crippen LogP contribution is 2.28. The first-order valence-corrected chi connectivity index (χ1v) is 14.6. The van der Waals surface area contributed by atoms with Gasteiger partial charge in [0.15, 0.2) is 0 Å². The predicted octanol–water partition coefficient (Wildman–Crippen LogP) is 4.54. The Hall–Kier alpha value is -2.78. The van der Waals surface area contributed by atoms with E-state index in [1.807, 2.05) is 26.0 Å². The summed E-state index contributed by atoms with van der Waals surface area (Å²) in [6, 6.07) is 11.7. The van der Waals surface area contributed by atoms with Gasteiger partial charge in [-0.3, -0.25) is 13.9 Å². The van der Waals surface area contributed by atoms with Crippen molar-refractivity contribution in [3.05, 3.63) is 58.6 Å². The molecule has 0 saturated heterocycles. The lowest BCUT2D eigenvalue weighted by Gasteiger charge is -2.30. The highest BCUT2D eigenvalue weighted by Gasteiger charge is 2.27. The average Bonchev–Trinajstić information content (AvgIpc) is 2.86. The second-order valence-electron chi connectivity index (χ2n) is 9.19. The summed E-state index contributed by atoms with van der Waals surface area (Å²) in [5, 5.41) is 3.41. The molecule has 0 heterocycles. The molecule has 0 unspecified atom stereocenters. The molecule has 204 valence electrons. The van der Waals surface area contributed by atoms with Crippen molar-refractivity contribution in [2.24, 2.45) is 0 Å². The summed E-state index contributed by atoms with van der Waals surface area (Å²) >= 11 is 6.21. The molecule has 8 nitrogen and oxygen atoms in total. The smallest absolute Gasteiger partial charge is 0.242 e. The summed E-state index contributed by atoms with van der Waals surface area (Å²) < 4.78 is 31.6. The maximum absolute atomic E-state index is 13.4. The SMILES string of the molecule is CC[C@@H](C)NC(=O)[C@@H](C)N(Cc1ccc(OC)cc1)C(=O)CCCN(c1cccc(Cl)c1C)S(C)(=O)=O. The van der Waals surface area contributed by atoms with Crippen molar-refractivity contribution in [1.82, 2.24) is 10.2 Å². The maximum Gasteiger partial charge on any atom is 0.242 e. The van der Waals surface area contributed by atoms with Crippen LogP contribution in [0.5, 0.6) is 5.75 Å². The number of amides is 2. The lowest BCUT2D eigenvalue weighted by molar-refractivity contribution is -0.140. The molecule has 0 fully saturated rings. The summed E-state index contributed by atoms with van der Waals surface area (Å²) in [6.07, 6.45) is 2.25. The molecule has 2 atom stereocenters. The van der Waals surface area contributed by atoms with Gasteiger partial charge in [0.25, 0.3) is 0 Å². The highest BCUT2D eigenvalue weighted by molar-refractivity contribution is 7.92. The molecule has 2 rings (SSSR count). The Bertz CT molecular complexity index is 1170. The lowest BCUT2D eigenvalue weighted by atomic mass is 10.1. The lowest BCUT2D eigenvalue weighted by Crippen LogP contribution is -2.49. The van der Waals surface area contributed by atoms with Gasteiger partial charge in [0.2, 0.25) is 21.8 Å². The molecule has 0 aliphatic heterocycles. The van der Waals surface area contributed by atoms with Gasteiger partial charge in [-0.2, -0.15) is 0 Å². The van der Waals surface area contributed by atoms with Crippen LogP contribution in [-0.2, 0) is 26.2 Å². The van der Waals surface area contributed by atoms with E-state index in [1.54, 1.807) is 51.3 Å². The van der Waals surface area contributed by atoms with E-state index < -0.39 is 16.1 Å². The number of hydrogen-bond acceptors (Lipinski definition) is 5.